The summed E-state index contributed by atoms with van der Waals surface area (Å²) >= 11 is 0. The number of carbonyl (C=O) groups is 1. The third-order valence-electron chi connectivity index (χ3n) is 2.09. The fourth-order valence-electron chi connectivity index (χ4n) is 1.29. The Balaban J connectivity index is 2.25. The summed E-state index contributed by atoms with van der Waals surface area (Å²) in [5.41, 5.74) is 5.46. The van der Waals surface area contributed by atoms with Crippen molar-refractivity contribution in [1.29, 1.82) is 0 Å². The molecule has 7 nitrogen and oxygen atoms in total. The monoisotopic (exact) mass is 233 g/mol. The number of aromatic nitrogens is 3. The largest absolute Gasteiger partial charge is 0.481 e. The fourth-order valence-corrected chi connectivity index (χ4v) is 1.29. The molecule has 0 aliphatic rings. The van der Waals surface area contributed by atoms with Gasteiger partial charge in [-0.15, -0.1) is 0 Å². The van der Waals surface area contributed by atoms with Crippen molar-refractivity contribution in [3.05, 3.63) is 30.0 Å². The maximum absolute atomic E-state index is 11.1. The minimum atomic E-state index is -0.566. The van der Waals surface area contributed by atoms with Crippen LogP contribution in [0.2, 0.25) is 0 Å². The summed E-state index contributed by atoms with van der Waals surface area (Å²) in [6.45, 7) is 0. The van der Waals surface area contributed by atoms with Crippen LogP contribution in [0.5, 0.6) is 5.88 Å². The molecule has 0 aliphatic carbocycles. The van der Waals surface area contributed by atoms with Gasteiger partial charge in [-0.3, -0.25) is 9.89 Å². The van der Waals surface area contributed by atoms with Crippen LogP contribution in [0.4, 0.5) is 11.6 Å². The van der Waals surface area contributed by atoms with E-state index in [1.165, 1.54) is 13.3 Å². The quantitative estimate of drug-likeness (QED) is 0.719. The summed E-state index contributed by atoms with van der Waals surface area (Å²) in [6.07, 6.45) is 1.35. The molecule has 88 valence electrons. The standard InChI is InChI=1S/C10H11N5O2/c1-17-8-4-2-3-7(13-8)14-10-6(9(11)16)5-12-15-10/h2-5H,1H3,(H2,11,16)(H2,12,13,14,15). The van der Waals surface area contributed by atoms with Crippen molar-refractivity contribution in [3.63, 3.8) is 0 Å². The van der Waals surface area contributed by atoms with Crippen LogP contribution < -0.4 is 15.8 Å². The third kappa shape index (κ3) is 2.33. The van der Waals surface area contributed by atoms with Gasteiger partial charge in [-0.2, -0.15) is 10.1 Å². The predicted octanol–water partition coefficient (Wildman–Crippen LogP) is 0.656. The summed E-state index contributed by atoms with van der Waals surface area (Å²) in [6, 6.07) is 5.22. The first-order valence-electron chi connectivity index (χ1n) is 4.82. The average Bonchev–Trinajstić information content (AvgIpc) is 2.77. The van der Waals surface area contributed by atoms with E-state index in [0.717, 1.165) is 0 Å². The summed E-state index contributed by atoms with van der Waals surface area (Å²) < 4.78 is 4.98. The molecule has 2 aromatic heterocycles. The molecule has 0 fully saturated rings. The number of nitrogens with one attached hydrogen (secondary N) is 2. The third-order valence-corrected chi connectivity index (χ3v) is 2.09. The van der Waals surface area contributed by atoms with Gasteiger partial charge in [0.15, 0.2) is 0 Å². The SMILES string of the molecule is COc1cccc(Nc2[nH]ncc2C(N)=O)n1. The molecule has 0 aromatic carbocycles. The van der Waals surface area contributed by atoms with E-state index >= 15 is 0 Å². The Bertz CT molecular complexity index is 537. The minimum Gasteiger partial charge on any atom is -0.481 e. The average molecular weight is 233 g/mol. The number of anilines is 2. The number of H-pyrrole nitrogens is 1. The van der Waals surface area contributed by atoms with Gasteiger partial charge in [0, 0.05) is 6.07 Å². The van der Waals surface area contributed by atoms with E-state index in [2.05, 4.69) is 20.5 Å². The van der Waals surface area contributed by atoms with Crippen molar-refractivity contribution >= 4 is 17.5 Å². The summed E-state index contributed by atoms with van der Waals surface area (Å²) in [4.78, 5) is 15.2. The number of hydrogen-bond donors (Lipinski definition) is 3. The van der Waals surface area contributed by atoms with Gasteiger partial charge in [0.2, 0.25) is 5.88 Å². The number of methoxy groups -OCH3 is 1. The number of carbonyl (C=O) groups excluding carboxylic acids is 1. The van der Waals surface area contributed by atoms with Crippen molar-refractivity contribution in [1.82, 2.24) is 15.2 Å². The van der Waals surface area contributed by atoms with E-state index in [0.29, 0.717) is 17.5 Å². The van der Waals surface area contributed by atoms with Crippen LogP contribution in [0.25, 0.3) is 0 Å². The Labute approximate surface area is 97.0 Å². The highest BCUT2D eigenvalue weighted by atomic mass is 16.5. The van der Waals surface area contributed by atoms with Crippen LogP contribution in [0.3, 0.4) is 0 Å². The molecule has 7 heteroatoms. The molecule has 0 atom stereocenters. The Morgan fingerprint density at radius 2 is 2.35 bits per heavy atom. The Kier molecular flexibility index (Phi) is 2.91. The van der Waals surface area contributed by atoms with Gasteiger partial charge in [-0.25, -0.2) is 0 Å². The highest BCUT2D eigenvalue weighted by Gasteiger charge is 2.10. The van der Waals surface area contributed by atoms with Crippen molar-refractivity contribution in [2.75, 3.05) is 12.4 Å². The molecule has 2 rings (SSSR count). The molecule has 0 saturated heterocycles. The molecule has 0 bridgehead atoms. The second kappa shape index (κ2) is 4.52. The number of nitrogens with two attached hydrogens (primary N) is 1. The first kappa shape index (κ1) is 10.9. The number of pyridine rings is 1. The zero-order valence-electron chi connectivity index (χ0n) is 9.10. The topological polar surface area (TPSA) is 106 Å². The van der Waals surface area contributed by atoms with Crippen molar-refractivity contribution < 1.29 is 9.53 Å². The van der Waals surface area contributed by atoms with Crippen molar-refractivity contribution in [2.45, 2.75) is 0 Å². The molecule has 0 radical (unpaired) electrons. The predicted molar refractivity (Wildman–Crippen MR) is 61.2 cm³/mol. The number of hydrogen-bond acceptors (Lipinski definition) is 5. The van der Waals surface area contributed by atoms with Gasteiger partial charge in [-0.1, -0.05) is 6.07 Å². The lowest BCUT2D eigenvalue weighted by Gasteiger charge is -2.05. The van der Waals surface area contributed by atoms with Crippen LogP contribution >= 0.6 is 0 Å². The highest BCUT2D eigenvalue weighted by molar-refractivity contribution is 5.97. The second-order valence-electron chi connectivity index (χ2n) is 3.21. The Morgan fingerprint density at radius 1 is 1.53 bits per heavy atom. The lowest BCUT2D eigenvalue weighted by atomic mass is 10.3. The van der Waals surface area contributed by atoms with Gasteiger partial charge in [0.1, 0.15) is 17.2 Å². The van der Waals surface area contributed by atoms with E-state index in [1.807, 2.05) is 0 Å². The molecule has 2 heterocycles. The number of ether oxygens (including phenoxy) is 1. The number of primary amides is 1. The van der Waals surface area contributed by atoms with E-state index < -0.39 is 5.91 Å². The summed E-state index contributed by atoms with van der Waals surface area (Å²) in [5.74, 6) is 0.827. The van der Waals surface area contributed by atoms with Crippen LogP contribution in [-0.2, 0) is 0 Å². The van der Waals surface area contributed by atoms with Crippen molar-refractivity contribution in [2.24, 2.45) is 5.73 Å². The molecule has 0 saturated carbocycles. The van der Waals surface area contributed by atoms with Crippen LogP contribution in [0, 0.1) is 0 Å². The Hall–Kier alpha value is -2.57. The smallest absolute Gasteiger partial charge is 0.254 e. The number of aromatic amines is 1. The molecule has 0 spiro atoms. The zero-order valence-corrected chi connectivity index (χ0v) is 9.10. The van der Waals surface area contributed by atoms with Gasteiger partial charge in [0.05, 0.1) is 13.3 Å². The molecule has 17 heavy (non-hydrogen) atoms. The second-order valence-corrected chi connectivity index (χ2v) is 3.21. The Morgan fingerprint density at radius 3 is 3.06 bits per heavy atom. The number of amides is 1. The van der Waals surface area contributed by atoms with Gasteiger partial charge < -0.3 is 15.8 Å². The molecule has 1 amide bonds. The maximum atomic E-state index is 11.1. The van der Waals surface area contributed by atoms with E-state index in [-0.39, 0.29) is 5.56 Å². The van der Waals surface area contributed by atoms with Crippen LogP contribution in [-0.4, -0.2) is 28.2 Å². The van der Waals surface area contributed by atoms with E-state index in [4.69, 9.17) is 10.5 Å². The first-order valence-corrected chi connectivity index (χ1v) is 4.82. The van der Waals surface area contributed by atoms with Gasteiger partial charge in [0.25, 0.3) is 5.91 Å². The van der Waals surface area contributed by atoms with Gasteiger partial charge >= 0.3 is 0 Å². The van der Waals surface area contributed by atoms with Crippen LogP contribution in [0.1, 0.15) is 10.4 Å². The summed E-state index contributed by atoms with van der Waals surface area (Å²) in [7, 11) is 1.52. The summed E-state index contributed by atoms with van der Waals surface area (Å²) in [5, 5.41) is 9.26. The van der Waals surface area contributed by atoms with E-state index in [1.54, 1.807) is 18.2 Å². The molecular weight excluding hydrogens is 222 g/mol. The number of nitrogens with zero attached hydrogens (tertiary/aromatic N) is 2. The molecule has 2 aromatic rings. The normalized spacial score (nSPS) is 9.94. The molecular formula is C10H11N5O2. The lowest BCUT2D eigenvalue weighted by Crippen LogP contribution is -2.12. The lowest BCUT2D eigenvalue weighted by molar-refractivity contribution is 0.100. The number of rotatable bonds is 4. The van der Waals surface area contributed by atoms with E-state index in [9.17, 15) is 4.79 Å². The minimum absolute atomic E-state index is 0.273. The molecule has 4 N–H and O–H groups in total. The first-order chi connectivity index (χ1) is 8.20. The fraction of sp³-hybridized carbons (Fsp3) is 0.100. The maximum Gasteiger partial charge on any atom is 0.254 e. The molecule has 0 unspecified atom stereocenters. The van der Waals surface area contributed by atoms with Crippen LogP contribution in [0.15, 0.2) is 24.4 Å². The highest BCUT2D eigenvalue weighted by Crippen LogP contribution is 2.18. The van der Waals surface area contributed by atoms with Crippen molar-refractivity contribution in [3.8, 4) is 5.88 Å². The van der Waals surface area contributed by atoms with Gasteiger partial charge in [-0.05, 0) is 6.07 Å². The zero-order chi connectivity index (χ0) is 12.3. The molecule has 0 aliphatic heterocycles.